The number of benzene rings is 2. The van der Waals surface area contributed by atoms with Gasteiger partial charge in [-0.25, -0.2) is 21.1 Å². The Morgan fingerprint density at radius 1 is 0.973 bits per heavy atom. The van der Waals surface area contributed by atoms with Crippen molar-refractivity contribution in [1.82, 2.24) is 13.5 Å². The fourth-order valence-corrected chi connectivity index (χ4v) is 9.79. The largest absolute Gasteiger partial charge is 0.379 e. The number of sulfonamides is 2. The average Bonchev–Trinajstić information content (AvgIpc) is 3.43. The Bertz CT molecular complexity index is 1350. The molecule has 3 unspecified atom stereocenters. The molecule has 0 aromatic heterocycles. The molecule has 3 aliphatic heterocycles. The molecule has 9 nitrogen and oxygen atoms in total. The number of nitrogens with zero attached hydrogens (tertiary/aromatic N) is 3. The van der Waals surface area contributed by atoms with Crippen LogP contribution in [0.15, 0.2) is 47.4 Å². The summed E-state index contributed by atoms with van der Waals surface area (Å²) in [5.74, 6) is -1.18. The van der Waals surface area contributed by atoms with Crippen LogP contribution in [0.5, 0.6) is 0 Å². The predicted octanol–water partition coefficient (Wildman–Crippen LogP) is 2.28. The highest BCUT2D eigenvalue weighted by atomic mass is 32.2. The summed E-state index contributed by atoms with van der Waals surface area (Å²) in [6.07, 6.45) is 1.90. The summed E-state index contributed by atoms with van der Waals surface area (Å²) in [6, 6.07) is 10.9. The molecule has 3 heterocycles. The van der Waals surface area contributed by atoms with Crippen molar-refractivity contribution in [3.63, 3.8) is 0 Å². The molecule has 11 heteroatoms. The van der Waals surface area contributed by atoms with Crippen LogP contribution in [0.2, 0.25) is 0 Å². The first-order chi connectivity index (χ1) is 17.8. The molecule has 5 rings (SSSR count). The van der Waals surface area contributed by atoms with Crippen LogP contribution in [0.25, 0.3) is 10.8 Å². The number of amides is 1. The van der Waals surface area contributed by atoms with E-state index in [-0.39, 0.29) is 17.2 Å². The lowest BCUT2D eigenvalue weighted by Crippen LogP contribution is -2.44. The summed E-state index contributed by atoms with van der Waals surface area (Å²) in [5, 5.41) is 1.33. The third-order valence-electron chi connectivity index (χ3n) is 7.84. The minimum absolute atomic E-state index is 0.0172. The lowest BCUT2D eigenvalue weighted by Gasteiger charge is -2.28. The molecule has 0 bridgehead atoms. The maximum atomic E-state index is 14.0. The second-order valence-electron chi connectivity index (χ2n) is 10.1. The number of morpholine rings is 1. The van der Waals surface area contributed by atoms with Crippen molar-refractivity contribution in [2.24, 2.45) is 5.92 Å². The normalized spacial score (nSPS) is 25.7. The summed E-state index contributed by atoms with van der Waals surface area (Å²) in [6.45, 7) is 5.73. The number of fused-ring (bicyclic) bond motifs is 2. The zero-order valence-corrected chi connectivity index (χ0v) is 22.8. The quantitative estimate of drug-likeness (QED) is 0.473. The lowest BCUT2D eigenvalue weighted by molar-refractivity contribution is -0.128. The van der Waals surface area contributed by atoms with E-state index in [4.69, 9.17) is 4.74 Å². The maximum absolute atomic E-state index is 14.0. The van der Waals surface area contributed by atoms with E-state index in [0.29, 0.717) is 50.8 Å². The highest BCUT2D eigenvalue weighted by Crippen LogP contribution is 2.43. The van der Waals surface area contributed by atoms with E-state index >= 15 is 0 Å². The predicted molar refractivity (Wildman–Crippen MR) is 141 cm³/mol. The van der Waals surface area contributed by atoms with Gasteiger partial charge in [0.25, 0.3) is 10.0 Å². The van der Waals surface area contributed by atoms with Gasteiger partial charge >= 0.3 is 0 Å². The van der Waals surface area contributed by atoms with Crippen molar-refractivity contribution < 1.29 is 26.4 Å². The molecule has 0 saturated carbocycles. The van der Waals surface area contributed by atoms with E-state index in [1.807, 2.05) is 25.1 Å². The van der Waals surface area contributed by atoms with Gasteiger partial charge in [0.05, 0.1) is 41.9 Å². The fourth-order valence-electron chi connectivity index (χ4n) is 6.13. The molecule has 2 aromatic carbocycles. The molecule has 37 heavy (non-hydrogen) atoms. The lowest BCUT2D eigenvalue weighted by atomic mass is 9.95. The van der Waals surface area contributed by atoms with Crippen molar-refractivity contribution in [1.29, 1.82) is 0 Å². The highest BCUT2D eigenvalue weighted by molar-refractivity contribution is 7.90. The Kier molecular flexibility index (Phi) is 7.61. The topological polar surface area (TPSA) is 104 Å². The van der Waals surface area contributed by atoms with Crippen molar-refractivity contribution in [3.8, 4) is 0 Å². The van der Waals surface area contributed by atoms with Gasteiger partial charge in [-0.2, -0.15) is 4.31 Å². The summed E-state index contributed by atoms with van der Waals surface area (Å²) in [4.78, 5) is 15.9. The van der Waals surface area contributed by atoms with Crippen LogP contribution >= 0.6 is 0 Å². The SMILES string of the molecule is CCCC1C(=O)N(S(=O)(=O)c2cccc3ccccc23)C2CCN(S(=O)(=O)CCCN3CCOCC3)C12. The van der Waals surface area contributed by atoms with Crippen molar-refractivity contribution in [3.05, 3.63) is 42.5 Å². The van der Waals surface area contributed by atoms with Crippen LogP contribution in [0.1, 0.15) is 32.6 Å². The van der Waals surface area contributed by atoms with Gasteiger partial charge in [-0.05, 0) is 37.3 Å². The van der Waals surface area contributed by atoms with Crippen LogP contribution in [-0.2, 0) is 29.6 Å². The van der Waals surface area contributed by atoms with E-state index in [1.165, 1.54) is 10.4 Å². The van der Waals surface area contributed by atoms with Gasteiger partial charge in [-0.1, -0.05) is 49.7 Å². The van der Waals surface area contributed by atoms with Crippen LogP contribution < -0.4 is 0 Å². The number of hydrogen-bond acceptors (Lipinski definition) is 7. The Labute approximate surface area is 219 Å². The van der Waals surface area contributed by atoms with Gasteiger partial charge in [0.2, 0.25) is 15.9 Å². The highest BCUT2D eigenvalue weighted by Gasteiger charge is 2.59. The fraction of sp³-hybridized carbons (Fsp3) is 0.577. The Morgan fingerprint density at radius 3 is 2.46 bits per heavy atom. The Balaban J connectivity index is 1.42. The van der Waals surface area contributed by atoms with Gasteiger partial charge in [-0.3, -0.25) is 9.69 Å². The minimum Gasteiger partial charge on any atom is -0.379 e. The van der Waals surface area contributed by atoms with Crippen LogP contribution in [0.4, 0.5) is 0 Å². The summed E-state index contributed by atoms with van der Waals surface area (Å²) in [5.41, 5.74) is 0. The van der Waals surface area contributed by atoms with Crippen LogP contribution in [0.3, 0.4) is 0 Å². The molecule has 0 aliphatic carbocycles. The third-order valence-corrected chi connectivity index (χ3v) is 11.7. The van der Waals surface area contributed by atoms with E-state index in [1.54, 1.807) is 18.2 Å². The first-order valence-corrected chi connectivity index (χ1v) is 16.2. The smallest absolute Gasteiger partial charge is 0.267 e. The first-order valence-electron chi connectivity index (χ1n) is 13.1. The van der Waals surface area contributed by atoms with Gasteiger partial charge in [0.1, 0.15) is 0 Å². The van der Waals surface area contributed by atoms with Crippen LogP contribution in [-0.4, -0.2) is 93.5 Å². The second kappa shape index (κ2) is 10.6. The summed E-state index contributed by atoms with van der Waals surface area (Å²) < 4.78 is 62.7. The second-order valence-corrected chi connectivity index (χ2v) is 13.9. The van der Waals surface area contributed by atoms with E-state index in [0.717, 1.165) is 22.8 Å². The number of rotatable bonds is 9. The van der Waals surface area contributed by atoms with Crippen molar-refractivity contribution in [2.75, 3.05) is 45.1 Å². The van der Waals surface area contributed by atoms with Crippen molar-refractivity contribution >= 4 is 36.7 Å². The Hall–Kier alpha value is -2.05. The molecular weight excluding hydrogens is 514 g/mol. The minimum atomic E-state index is -4.18. The van der Waals surface area contributed by atoms with E-state index < -0.39 is 44.0 Å². The molecule has 3 fully saturated rings. The third kappa shape index (κ3) is 4.92. The molecule has 0 N–H and O–H groups in total. The molecule has 2 aromatic rings. The maximum Gasteiger partial charge on any atom is 0.267 e. The molecule has 1 amide bonds. The zero-order chi connectivity index (χ0) is 26.2. The van der Waals surface area contributed by atoms with Gasteiger partial charge in [-0.15, -0.1) is 0 Å². The van der Waals surface area contributed by atoms with Crippen molar-refractivity contribution in [2.45, 2.75) is 49.6 Å². The molecule has 0 spiro atoms. The number of ether oxygens (including phenoxy) is 1. The van der Waals surface area contributed by atoms with Gasteiger partial charge in [0, 0.05) is 25.0 Å². The molecule has 202 valence electrons. The van der Waals surface area contributed by atoms with E-state index in [2.05, 4.69) is 4.90 Å². The zero-order valence-electron chi connectivity index (χ0n) is 21.2. The summed E-state index contributed by atoms with van der Waals surface area (Å²) >= 11 is 0. The van der Waals surface area contributed by atoms with E-state index in [9.17, 15) is 21.6 Å². The number of carbonyl (C=O) groups excluding carboxylic acids is 1. The number of carbonyl (C=O) groups is 1. The molecular formula is C26H35N3O6S2. The monoisotopic (exact) mass is 549 g/mol. The van der Waals surface area contributed by atoms with Crippen LogP contribution in [0, 0.1) is 5.92 Å². The summed E-state index contributed by atoms with van der Waals surface area (Å²) in [7, 11) is -7.83. The molecule has 3 atom stereocenters. The average molecular weight is 550 g/mol. The molecule has 3 saturated heterocycles. The number of hydrogen-bond donors (Lipinski definition) is 0. The molecule has 0 radical (unpaired) electrons. The van der Waals surface area contributed by atoms with Gasteiger partial charge < -0.3 is 4.74 Å². The standard InChI is InChI=1S/C26H35N3O6S2/c1-2-7-22-25-23(12-14-28(25)36(31,32)19-6-13-27-15-17-35-18-16-27)29(26(22)30)37(33,34)24-11-5-9-20-8-3-4-10-21(20)24/h3-5,8-11,22-23,25H,2,6-7,12-19H2,1H3. The first kappa shape index (κ1) is 26.6. The van der Waals surface area contributed by atoms with Gasteiger partial charge in [0.15, 0.2) is 0 Å². The molecule has 3 aliphatic rings. The Morgan fingerprint density at radius 2 is 1.70 bits per heavy atom.